The van der Waals surface area contributed by atoms with Crippen molar-refractivity contribution >= 4 is 17.6 Å². The van der Waals surface area contributed by atoms with Crippen molar-refractivity contribution in [2.75, 3.05) is 0 Å². The highest BCUT2D eigenvalue weighted by Crippen LogP contribution is 2.14. The number of urea groups is 1. The second kappa shape index (κ2) is 9.25. The maximum absolute atomic E-state index is 11.7. The largest absolute Gasteiger partial charge is 0.347 e. The lowest BCUT2D eigenvalue weighted by atomic mass is 9.97. The van der Waals surface area contributed by atoms with E-state index in [1.54, 1.807) is 6.07 Å². The van der Waals surface area contributed by atoms with Crippen LogP contribution in [0.3, 0.4) is 0 Å². The third-order valence-electron chi connectivity index (χ3n) is 4.16. The van der Waals surface area contributed by atoms with Gasteiger partial charge in [-0.3, -0.25) is 24.5 Å². The molecule has 1 atom stereocenters. The van der Waals surface area contributed by atoms with Crippen LogP contribution in [0.5, 0.6) is 0 Å². The highest BCUT2D eigenvalue weighted by Gasteiger charge is 2.30. The highest BCUT2D eigenvalue weighted by atomic mass is 16.2. The second-order valence-corrected chi connectivity index (χ2v) is 6.08. The van der Waals surface area contributed by atoms with Crippen LogP contribution in [0.25, 0.3) is 0 Å². The molecule has 1 unspecified atom stereocenters. The maximum atomic E-state index is 11.7. The molecular formula is C17H18N6O4. The van der Waals surface area contributed by atoms with Crippen LogP contribution < -0.4 is 16.6 Å². The number of aryl methyl sites for hydroxylation is 1. The average Bonchev–Trinajstić information content (AvgIpc) is 2.62. The summed E-state index contributed by atoms with van der Waals surface area (Å²) in [6, 6.07) is 2.85. The van der Waals surface area contributed by atoms with Crippen LogP contribution in [0.2, 0.25) is 0 Å². The molecule has 2 rings (SSSR count). The Hall–Kier alpha value is -3.53. The first-order chi connectivity index (χ1) is 13.0. The molecular weight excluding hydrogens is 352 g/mol. The number of hydrogen-bond donors (Lipinski definition) is 2. The Morgan fingerprint density at radius 1 is 1.07 bits per heavy atom. The van der Waals surface area contributed by atoms with Crippen molar-refractivity contribution in [2.24, 2.45) is 10.9 Å². The molecule has 10 nitrogen and oxygen atoms in total. The molecule has 0 bridgehead atoms. The first-order valence-corrected chi connectivity index (χ1v) is 8.52. The summed E-state index contributed by atoms with van der Waals surface area (Å²) in [5, 5.41) is 19.8. The topological polar surface area (TPSA) is 161 Å². The maximum Gasteiger partial charge on any atom is 0.347 e. The first kappa shape index (κ1) is 19.8. The van der Waals surface area contributed by atoms with Crippen LogP contribution in [0.15, 0.2) is 20.8 Å². The minimum atomic E-state index is -1.01. The fourth-order valence-corrected chi connectivity index (χ4v) is 2.76. The van der Waals surface area contributed by atoms with Gasteiger partial charge in [0.15, 0.2) is 5.92 Å². The van der Waals surface area contributed by atoms with Crippen LogP contribution in [-0.4, -0.2) is 27.2 Å². The summed E-state index contributed by atoms with van der Waals surface area (Å²) >= 11 is 0. The van der Waals surface area contributed by atoms with Crippen LogP contribution in [-0.2, 0) is 11.3 Å². The second-order valence-electron chi connectivity index (χ2n) is 6.08. The van der Waals surface area contributed by atoms with Gasteiger partial charge in [0.1, 0.15) is 11.6 Å². The number of H-pyrrole nitrogens is 1. The number of unbranched alkanes of at least 4 members (excludes halogenated alkanes) is 4. The minimum absolute atomic E-state index is 0.103. The van der Waals surface area contributed by atoms with E-state index in [2.05, 4.69) is 9.98 Å². The molecule has 2 N–H and O–H groups in total. The van der Waals surface area contributed by atoms with Crippen LogP contribution in [0.4, 0.5) is 4.79 Å². The Kier molecular flexibility index (Phi) is 6.78. The molecule has 1 aliphatic heterocycles. The van der Waals surface area contributed by atoms with Crippen molar-refractivity contribution in [1.29, 1.82) is 10.5 Å². The quantitative estimate of drug-likeness (QED) is 0.636. The number of carbonyl (C=O) groups is 2. The van der Waals surface area contributed by atoms with E-state index in [0.717, 1.165) is 19.3 Å². The molecule has 1 aromatic heterocycles. The zero-order valence-corrected chi connectivity index (χ0v) is 14.5. The molecule has 1 aliphatic rings. The van der Waals surface area contributed by atoms with Crippen molar-refractivity contribution < 1.29 is 9.59 Å². The van der Waals surface area contributed by atoms with E-state index >= 15 is 0 Å². The number of amides is 3. The van der Waals surface area contributed by atoms with Gasteiger partial charge in [0, 0.05) is 12.7 Å². The SMILES string of the molecule is N#Cc1cn(CCCCCCCC2=NC(=O)NC(=O)C2C#N)c(=O)[nH]c1=O. The Labute approximate surface area is 154 Å². The third kappa shape index (κ3) is 5.22. The van der Waals surface area contributed by atoms with Gasteiger partial charge in [0.25, 0.3) is 11.5 Å². The Bertz CT molecular complexity index is 959. The van der Waals surface area contributed by atoms with Gasteiger partial charge in [-0.25, -0.2) is 14.6 Å². The van der Waals surface area contributed by atoms with E-state index in [1.807, 2.05) is 11.4 Å². The standard InChI is InChI=1S/C17H18N6O4/c18-8-11-10-23(17(27)22-14(11)24)7-5-3-1-2-4-6-13-12(9-19)15(25)21-16(26)20-13/h10,12H,1-7H2,(H,21,25,26)(H,22,24,27). The number of hydrogen-bond acceptors (Lipinski definition) is 6. The summed E-state index contributed by atoms with van der Waals surface area (Å²) in [6.45, 7) is 0.391. The predicted molar refractivity (Wildman–Crippen MR) is 93.8 cm³/mol. The number of imide groups is 1. The van der Waals surface area contributed by atoms with Crippen molar-refractivity contribution in [3.05, 3.63) is 32.6 Å². The number of nitrogens with zero attached hydrogens (tertiary/aromatic N) is 4. The number of nitriles is 2. The molecule has 10 heteroatoms. The molecule has 27 heavy (non-hydrogen) atoms. The molecule has 0 aliphatic carbocycles. The summed E-state index contributed by atoms with van der Waals surface area (Å²) in [4.78, 5) is 51.6. The van der Waals surface area contributed by atoms with Crippen molar-refractivity contribution in [2.45, 2.75) is 45.1 Å². The Morgan fingerprint density at radius 2 is 1.78 bits per heavy atom. The summed E-state index contributed by atoms with van der Waals surface area (Å²) < 4.78 is 1.30. The number of aromatic nitrogens is 2. The molecule has 140 valence electrons. The van der Waals surface area contributed by atoms with E-state index in [1.165, 1.54) is 10.8 Å². The monoisotopic (exact) mass is 370 g/mol. The van der Waals surface area contributed by atoms with Gasteiger partial charge in [0.2, 0.25) is 0 Å². The number of rotatable bonds is 8. The van der Waals surface area contributed by atoms with Crippen molar-refractivity contribution in [1.82, 2.24) is 14.9 Å². The van der Waals surface area contributed by atoms with Gasteiger partial charge in [-0.15, -0.1) is 0 Å². The highest BCUT2D eigenvalue weighted by molar-refractivity contribution is 6.17. The number of aliphatic imine (C=N–C) groups is 1. The lowest BCUT2D eigenvalue weighted by Crippen LogP contribution is -2.42. The zero-order chi connectivity index (χ0) is 19.8. The first-order valence-electron chi connectivity index (χ1n) is 8.52. The fourth-order valence-electron chi connectivity index (χ4n) is 2.76. The predicted octanol–water partition coefficient (Wildman–Crippen LogP) is 0.579. The van der Waals surface area contributed by atoms with Crippen molar-refractivity contribution in [3.63, 3.8) is 0 Å². The summed E-state index contributed by atoms with van der Waals surface area (Å²) in [5.41, 5.74) is -1.03. The van der Waals surface area contributed by atoms with E-state index in [4.69, 9.17) is 10.5 Å². The minimum Gasteiger partial charge on any atom is -0.299 e. The van der Waals surface area contributed by atoms with Gasteiger partial charge >= 0.3 is 11.7 Å². The third-order valence-corrected chi connectivity index (χ3v) is 4.16. The molecule has 3 amide bonds. The van der Waals surface area contributed by atoms with Crippen LogP contribution in [0, 0.1) is 28.6 Å². The van der Waals surface area contributed by atoms with Crippen LogP contribution in [0.1, 0.15) is 44.1 Å². The lowest BCUT2D eigenvalue weighted by Gasteiger charge is -2.16. The molecule has 0 saturated heterocycles. The van der Waals surface area contributed by atoms with Gasteiger partial charge < -0.3 is 0 Å². The number of aromatic amines is 1. The van der Waals surface area contributed by atoms with E-state index in [-0.39, 0.29) is 5.56 Å². The molecule has 0 radical (unpaired) electrons. The Balaban J connectivity index is 1.73. The number of nitrogens with one attached hydrogen (secondary N) is 2. The smallest absolute Gasteiger partial charge is 0.299 e. The summed E-state index contributed by atoms with van der Waals surface area (Å²) in [6.07, 6.45) is 5.54. The van der Waals surface area contributed by atoms with Crippen molar-refractivity contribution in [3.8, 4) is 12.1 Å². The normalized spacial score (nSPS) is 16.2. The summed E-state index contributed by atoms with van der Waals surface area (Å²) in [5.74, 6) is -1.64. The van der Waals surface area contributed by atoms with Gasteiger partial charge in [-0.2, -0.15) is 10.5 Å². The zero-order valence-electron chi connectivity index (χ0n) is 14.5. The lowest BCUT2D eigenvalue weighted by molar-refractivity contribution is -0.120. The Morgan fingerprint density at radius 3 is 2.48 bits per heavy atom. The van der Waals surface area contributed by atoms with E-state index in [9.17, 15) is 19.2 Å². The van der Waals surface area contributed by atoms with Gasteiger partial charge in [-0.05, 0) is 19.3 Å². The fraction of sp³-hybridized carbons (Fsp3) is 0.471. The molecule has 0 fully saturated rings. The molecule has 1 aromatic rings. The van der Waals surface area contributed by atoms with Gasteiger partial charge in [-0.1, -0.05) is 19.3 Å². The molecule has 0 aromatic carbocycles. The molecule has 0 spiro atoms. The van der Waals surface area contributed by atoms with Gasteiger partial charge in [0.05, 0.1) is 11.8 Å². The molecule has 2 heterocycles. The van der Waals surface area contributed by atoms with E-state index < -0.39 is 29.1 Å². The van der Waals surface area contributed by atoms with Crippen LogP contribution >= 0.6 is 0 Å². The number of carbonyl (C=O) groups excluding carboxylic acids is 2. The average molecular weight is 370 g/mol. The summed E-state index contributed by atoms with van der Waals surface area (Å²) in [7, 11) is 0. The molecule has 0 saturated carbocycles. The van der Waals surface area contributed by atoms with E-state index in [0.29, 0.717) is 31.5 Å².